The number of aliphatic hydroxyl groups excluding tert-OH is 1. The maximum Gasteiger partial charge on any atom is 0.310 e. The van der Waals surface area contributed by atoms with Gasteiger partial charge in [-0.05, 0) is 37.3 Å². The number of hydrogen-bond acceptors (Lipinski definition) is 8. The third-order valence-electron chi connectivity index (χ3n) is 9.21. The molecule has 4 heterocycles. The molecule has 216 valence electrons. The molecule has 2 amide bonds. The smallest absolute Gasteiger partial charge is 0.310 e. The number of fused-ring (bicyclic) bond motifs is 2. The summed E-state index contributed by atoms with van der Waals surface area (Å²) in [6, 6.07) is 6.13. The van der Waals surface area contributed by atoms with Crippen molar-refractivity contribution in [2.45, 2.75) is 69.3 Å². The summed E-state index contributed by atoms with van der Waals surface area (Å²) in [5.74, 6) is -2.18. The van der Waals surface area contributed by atoms with Crippen LogP contribution in [-0.4, -0.2) is 89.5 Å². The number of esters is 1. The van der Waals surface area contributed by atoms with Crippen molar-refractivity contribution in [2.75, 3.05) is 19.8 Å². The molecule has 1 aromatic heterocycles. The Morgan fingerprint density at radius 1 is 1.35 bits per heavy atom. The van der Waals surface area contributed by atoms with Crippen LogP contribution in [-0.2, 0) is 25.8 Å². The first kappa shape index (κ1) is 28.6. The summed E-state index contributed by atoms with van der Waals surface area (Å²) in [5, 5.41) is 19.0. The van der Waals surface area contributed by atoms with E-state index in [0.29, 0.717) is 0 Å². The topological polar surface area (TPSA) is 118 Å². The van der Waals surface area contributed by atoms with Gasteiger partial charge in [0.1, 0.15) is 18.2 Å². The van der Waals surface area contributed by atoms with E-state index in [9.17, 15) is 19.5 Å². The molecule has 8 atom stereocenters. The number of carbonyl (C=O) groups is 3. The molecule has 3 saturated heterocycles. The molecule has 0 saturated carbocycles. The third kappa shape index (κ3) is 4.24. The van der Waals surface area contributed by atoms with E-state index in [1.54, 1.807) is 39.2 Å². The molecule has 40 heavy (non-hydrogen) atoms. The predicted octanol–water partition coefficient (Wildman–Crippen LogP) is 2.71. The summed E-state index contributed by atoms with van der Waals surface area (Å²) in [6.45, 7) is 12.0. The number of ether oxygens (including phenoxy) is 1. The van der Waals surface area contributed by atoms with Gasteiger partial charge in [-0.25, -0.2) is 4.68 Å². The number of hydrogen-bond donors (Lipinski definition) is 1. The zero-order chi connectivity index (χ0) is 28.8. The molecule has 3 unspecified atom stereocenters. The highest BCUT2D eigenvalue weighted by molar-refractivity contribution is 8.02. The molecular weight excluding hydrogens is 530 g/mol. The summed E-state index contributed by atoms with van der Waals surface area (Å²) in [7, 11) is 0. The standard InChI is InChI=1S/C29H39N5O5S/c1-6-13-32(16-33-20-12-10-9-11-19(20)30-31-33)27(37)25-29-18(5)14-22(40-29)23(28(38)39-8-3)24(29)26(36)34(25)21(15-35)17(4)7-2/h6,9-12,17-18,21-25,35H,1,7-8,13-16H2,2-5H3/t17-,18?,21-,22+,23-,24-,25?,29?/m0/s1. The van der Waals surface area contributed by atoms with Crippen LogP contribution in [0.25, 0.3) is 11.0 Å². The van der Waals surface area contributed by atoms with E-state index in [4.69, 9.17) is 4.74 Å². The number of thioether (sulfide) groups is 1. The molecule has 2 aromatic rings. The van der Waals surface area contributed by atoms with E-state index in [1.165, 1.54) is 0 Å². The highest BCUT2D eigenvalue weighted by Gasteiger charge is 2.77. The van der Waals surface area contributed by atoms with Crippen LogP contribution in [0.2, 0.25) is 0 Å². The van der Waals surface area contributed by atoms with Crippen LogP contribution in [0.4, 0.5) is 0 Å². The Labute approximate surface area is 239 Å². The Bertz CT molecular complexity index is 1300. The average Bonchev–Trinajstić information content (AvgIpc) is 3.66. The maximum absolute atomic E-state index is 14.8. The average molecular weight is 570 g/mol. The van der Waals surface area contributed by atoms with Gasteiger partial charge in [-0.2, -0.15) is 0 Å². The van der Waals surface area contributed by atoms with Crippen LogP contribution in [0, 0.1) is 23.7 Å². The molecule has 3 aliphatic rings. The van der Waals surface area contributed by atoms with Crippen molar-refractivity contribution in [1.82, 2.24) is 24.8 Å². The zero-order valence-corrected chi connectivity index (χ0v) is 24.4. The Balaban J connectivity index is 1.60. The largest absolute Gasteiger partial charge is 0.466 e. The molecule has 0 aliphatic carbocycles. The number of likely N-dealkylation sites (tertiary alicyclic amines) is 1. The third-order valence-corrected chi connectivity index (χ3v) is 11.3. The number of aliphatic hydroxyl groups is 1. The number of amides is 2. The van der Waals surface area contributed by atoms with Gasteiger partial charge in [0.05, 0.1) is 41.4 Å². The molecule has 3 aliphatic heterocycles. The van der Waals surface area contributed by atoms with Crippen molar-refractivity contribution in [3.05, 3.63) is 36.9 Å². The highest BCUT2D eigenvalue weighted by atomic mass is 32.2. The first-order chi connectivity index (χ1) is 19.2. The van der Waals surface area contributed by atoms with E-state index in [1.807, 2.05) is 38.1 Å². The second-order valence-corrected chi connectivity index (χ2v) is 12.8. The van der Waals surface area contributed by atoms with Crippen molar-refractivity contribution in [2.24, 2.45) is 23.7 Å². The number of carbonyl (C=O) groups excluding carboxylic acids is 3. The fourth-order valence-corrected chi connectivity index (χ4v) is 9.54. The lowest BCUT2D eigenvalue weighted by atomic mass is 9.66. The van der Waals surface area contributed by atoms with Crippen LogP contribution >= 0.6 is 11.8 Å². The Morgan fingerprint density at radius 2 is 2.10 bits per heavy atom. The van der Waals surface area contributed by atoms with Gasteiger partial charge in [0.15, 0.2) is 0 Å². The first-order valence-corrected chi connectivity index (χ1v) is 15.1. The molecule has 2 bridgehead atoms. The van der Waals surface area contributed by atoms with E-state index >= 15 is 0 Å². The molecule has 1 spiro atoms. The number of rotatable bonds is 11. The Hall–Kier alpha value is -2.92. The van der Waals surface area contributed by atoms with E-state index in [2.05, 4.69) is 23.8 Å². The molecular formula is C29H39N5O5S. The minimum atomic E-state index is -0.852. The van der Waals surface area contributed by atoms with Crippen molar-refractivity contribution in [3.63, 3.8) is 0 Å². The molecule has 3 fully saturated rings. The monoisotopic (exact) mass is 569 g/mol. The molecule has 11 heteroatoms. The van der Waals surface area contributed by atoms with Gasteiger partial charge in [0.25, 0.3) is 0 Å². The predicted molar refractivity (Wildman–Crippen MR) is 152 cm³/mol. The summed E-state index contributed by atoms with van der Waals surface area (Å²) >= 11 is 1.60. The Morgan fingerprint density at radius 3 is 2.77 bits per heavy atom. The molecule has 0 radical (unpaired) electrons. The minimum absolute atomic E-state index is 0.00938. The lowest BCUT2D eigenvalue weighted by molar-refractivity contribution is -0.154. The molecule has 5 rings (SSSR count). The quantitative estimate of drug-likeness (QED) is 0.324. The molecule has 1 aromatic carbocycles. The lowest BCUT2D eigenvalue weighted by Gasteiger charge is -2.43. The van der Waals surface area contributed by atoms with Crippen LogP contribution in [0.3, 0.4) is 0 Å². The van der Waals surface area contributed by atoms with Crippen molar-refractivity contribution in [1.29, 1.82) is 0 Å². The second-order valence-electron chi connectivity index (χ2n) is 11.3. The van der Waals surface area contributed by atoms with Crippen molar-refractivity contribution < 1.29 is 24.2 Å². The SMILES string of the molecule is C=CCN(Cn1nnc2ccccc21)C(=O)C1N([C@@H](CO)[C@@H](C)CC)C(=O)[C@@H]2[C@@H](C(=O)OCC)[C@H]3CC(C)C12S3. The number of benzene rings is 1. The fourth-order valence-electron chi connectivity index (χ4n) is 7.15. The van der Waals surface area contributed by atoms with Crippen LogP contribution in [0.15, 0.2) is 36.9 Å². The number of para-hydroxylation sites is 1. The maximum atomic E-state index is 14.8. The molecule has 1 N–H and O–H groups in total. The number of aromatic nitrogens is 3. The van der Waals surface area contributed by atoms with Gasteiger partial charge >= 0.3 is 5.97 Å². The second kappa shape index (κ2) is 11.2. The van der Waals surface area contributed by atoms with Gasteiger partial charge in [-0.15, -0.1) is 23.4 Å². The zero-order valence-electron chi connectivity index (χ0n) is 23.6. The van der Waals surface area contributed by atoms with Crippen LogP contribution in [0.5, 0.6) is 0 Å². The van der Waals surface area contributed by atoms with Gasteiger partial charge in [0.2, 0.25) is 11.8 Å². The lowest BCUT2D eigenvalue weighted by Crippen LogP contribution is -2.60. The van der Waals surface area contributed by atoms with Gasteiger partial charge < -0.3 is 19.6 Å². The van der Waals surface area contributed by atoms with Gasteiger partial charge in [0, 0.05) is 11.8 Å². The van der Waals surface area contributed by atoms with E-state index < -0.39 is 28.7 Å². The normalized spacial score (nSPS) is 30.4. The Kier molecular flexibility index (Phi) is 7.98. The summed E-state index contributed by atoms with van der Waals surface area (Å²) in [5.41, 5.74) is 1.51. The highest BCUT2D eigenvalue weighted by Crippen LogP contribution is 2.69. The first-order valence-electron chi connectivity index (χ1n) is 14.2. The van der Waals surface area contributed by atoms with Gasteiger partial charge in [-0.1, -0.05) is 50.6 Å². The molecule has 10 nitrogen and oxygen atoms in total. The van der Waals surface area contributed by atoms with Crippen molar-refractivity contribution in [3.8, 4) is 0 Å². The fraction of sp³-hybridized carbons (Fsp3) is 0.621. The summed E-state index contributed by atoms with van der Waals surface area (Å²) < 4.78 is 6.32. The van der Waals surface area contributed by atoms with Crippen LogP contribution in [0.1, 0.15) is 40.5 Å². The van der Waals surface area contributed by atoms with Crippen molar-refractivity contribution >= 4 is 40.6 Å². The van der Waals surface area contributed by atoms with E-state index in [0.717, 1.165) is 23.9 Å². The summed E-state index contributed by atoms with van der Waals surface area (Å²) in [4.78, 5) is 45.7. The van der Waals surface area contributed by atoms with E-state index in [-0.39, 0.29) is 61.3 Å². The van der Waals surface area contributed by atoms with Crippen LogP contribution < -0.4 is 0 Å². The van der Waals surface area contributed by atoms with Gasteiger partial charge in [-0.3, -0.25) is 14.4 Å². The summed E-state index contributed by atoms with van der Waals surface area (Å²) in [6.07, 6.45) is 3.11. The number of nitrogens with zero attached hydrogens (tertiary/aromatic N) is 5. The minimum Gasteiger partial charge on any atom is -0.466 e.